The molecule has 0 saturated carbocycles. The van der Waals surface area contributed by atoms with Gasteiger partial charge in [0.15, 0.2) is 0 Å². The smallest absolute Gasteiger partial charge is 0.353 e. The Morgan fingerprint density at radius 1 is 0.857 bits per heavy atom. The molecule has 0 fully saturated rings. The van der Waals surface area contributed by atoms with E-state index in [1.165, 1.54) is 22.5 Å². The fourth-order valence-electron chi connectivity index (χ4n) is 2.06. The van der Waals surface area contributed by atoms with Crippen LogP contribution in [0.2, 0.25) is 0 Å². The average Bonchev–Trinajstić information content (AvgIpc) is 3.05. The molecule has 3 aromatic rings. The van der Waals surface area contributed by atoms with E-state index in [9.17, 15) is 4.79 Å². The highest BCUT2D eigenvalue weighted by Crippen LogP contribution is 2.18. The number of hydrogen-bond donors (Lipinski definition) is 0. The molecule has 0 radical (unpaired) electrons. The van der Waals surface area contributed by atoms with Crippen LogP contribution in [-0.4, -0.2) is 5.97 Å². The monoisotopic (exact) mass is 294 g/mol. The quantitative estimate of drug-likeness (QED) is 0.521. The van der Waals surface area contributed by atoms with Crippen LogP contribution in [0, 0.1) is 0 Å². The highest BCUT2D eigenvalue weighted by molar-refractivity contribution is 7.12. The summed E-state index contributed by atoms with van der Waals surface area (Å²) in [7, 11) is 0. The molecule has 2 aromatic carbocycles. The SMILES string of the molecule is O=C(Oc1ccc(Cc2ccccc2)cc1)c1cccs1. The molecule has 1 heterocycles. The van der Waals surface area contributed by atoms with Crippen molar-refractivity contribution in [1.29, 1.82) is 0 Å². The van der Waals surface area contributed by atoms with Gasteiger partial charge in [0.1, 0.15) is 10.6 Å². The first-order chi connectivity index (χ1) is 10.3. The molecule has 0 N–H and O–H groups in total. The van der Waals surface area contributed by atoms with Gasteiger partial charge in [0.25, 0.3) is 0 Å². The number of thiophene rings is 1. The van der Waals surface area contributed by atoms with Gasteiger partial charge in [0, 0.05) is 0 Å². The Morgan fingerprint density at radius 2 is 1.57 bits per heavy atom. The topological polar surface area (TPSA) is 26.3 Å². The van der Waals surface area contributed by atoms with Crippen LogP contribution in [0.25, 0.3) is 0 Å². The van der Waals surface area contributed by atoms with Crippen LogP contribution in [0.5, 0.6) is 5.75 Å². The molecule has 21 heavy (non-hydrogen) atoms. The lowest BCUT2D eigenvalue weighted by molar-refractivity contribution is 0.0740. The fourth-order valence-corrected chi connectivity index (χ4v) is 2.66. The molecule has 0 atom stereocenters. The van der Waals surface area contributed by atoms with Gasteiger partial charge in [-0.15, -0.1) is 11.3 Å². The maximum Gasteiger partial charge on any atom is 0.353 e. The Kier molecular flexibility index (Phi) is 4.12. The van der Waals surface area contributed by atoms with E-state index in [4.69, 9.17) is 4.74 Å². The summed E-state index contributed by atoms with van der Waals surface area (Å²) in [6, 6.07) is 21.5. The van der Waals surface area contributed by atoms with E-state index in [1.807, 2.05) is 53.9 Å². The molecule has 3 rings (SSSR count). The summed E-state index contributed by atoms with van der Waals surface area (Å²) in [6.45, 7) is 0. The van der Waals surface area contributed by atoms with Crippen LogP contribution in [0.3, 0.4) is 0 Å². The first-order valence-electron chi connectivity index (χ1n) is 6.70. The second-order valence-electron chi connectivity index (χ2n) is 4.67. The Labute approximate surface area is 127 Å². The molecule has 2 nitrogen and oxygen atoms in total. The number of ether oxygens (including phenoxy) is 1. The summed E-state index contributed by atoms with van der Waals surface area (Å²) in [5.74, 6) is 0.269. The van der Waals surface area contributed by atoms with Gasteiger partial charge in [-0.05, 0) is 41.1 Å². The maximum absolute atomic E-state index is 11.8. The highest BCUT2D eigenvalue weighted by Gasteiger charge is 2.09. The fraction of sp³-hybridized carbons (Fsp3) is 0.0556. The van der Waals surface area contributed by atoms with Gasteiger partial charge in [-0.3, -0.25) is 0 Å². The number of carbonyl (C=O) groups excluding carboxylic acids is 1. The molecule has 0 bridgehead atoms. The number of rotatable bonds is 4. The van der Waals surface area contributed by atoms with E-state index in [0.717, 1.165) is 6.42 Å². The minimum absolute atomic E-state index is 0.305. The largest absolute Gasteiger partial charge is 0.422 e. The van der Waals surface area contributed by atoms with Gasteiger partial charge >= 0.3 is 5.97 Å². The molecule has 1 aromatic heterocycles. The molecular weight excluding hydrogens is 280 g/mol. The van der Waals surface area contributed by atoms with Crippen LogP contribution >= 0.6 is 11.3 Å². The van der Waals surface area contributed by atoms with E-state index < -0.39 is 0 Å². The lowest BCUT2D eigenvalue weighted by Gasteiger charge is -2.05. The van der Waals surface area contributed by atoms with Crippen LogP contribution in [0.4, 0.5) is 0 Å². The molecule has 0 amide bonds. The van der Waals surface area contributed by atoms with Gasteiger partial charge in [-0.2, -0.15) is 0 Å². The molecule has 0 aliphatic carbocycles. The summed E-state index contributed by atoms with van der Waals surface area (Å²) in [5.41, 5.74) is 2.46. The van der Waals surface area contributed by atoms with Crippen molar-refractivity contribution >= 4 is 17.3 Å². The highest BCUT2D eigenvalue weighted by atomic mass is 32.1. The molecule has 0 saturated heterocycles. The van der Waals surface area contributed by atoms with Crippen molar-refractivity contribution in [2.75, 3.05) is 0 Å². The van der Waals surface area contributed by atoms with Crippen molar-refractivity contribution in [2.24, 2.45) is 0 Å². The molecule has 0 unspecified atom stereocenters. The molecule has 0 aliphatic rings. The van der Waals surface area contributed by atoms with Crippen molar-refractivity contribution in [3.8, 4) is 5.75 Å². The molecule has 0 spiro atoms. The van der Waals surface area contributed by atoms with Crippen molar-refractivity contribution < 1.29 is 9.53 Å². The Morgan fingerprint density at radius 3 is 2.24 bits per heavy atom. The number of carbonyl (C=O) groups is 1. The molecule has 3 heteroatoms. The zero-order chi connectivity index (χ0) is 14.5. The van der Waals surface area contributed by atoms with E-state index in [0.29, 0.717) is 10.6 Å². The van der Waals surface area contributed by atoms with Crippen LogP contribution in [0.15, 0.2) is 72.1 Å². The minimum Gasteiger partial charge on any atom is -0.422 e. The van der Waals surface area contributed by atoms with Crippen LogP contribution in [-0.2, 0) is 6.42 Å². The number of esters is 1. The van der Waals surface area contributed by atoms with Crippen LogP contribution < -0.4 is 4.74 Å². The van der Waals surface area contributed by atoms with E-state index in [1.54, 1.807) is 6.07 Å². The lowest BCUT2D eigenvalue weighted by atomic mass is 10.1. The maximum atomic E-state index is 11.8. The van der Waals surface area contributed by atoms with Crippen molar-refractivity contribution in [1.82, 2.24) is 0 Å². The van der Waals surface area contributed by atoms with Gasteiger partial charge in [0.05, 0.1) is 0 Å². The van der Waals surface area contributed by atoms with Gasteiger partial charge in [0.2, 0.25) is 0 Å². The Hall–Kier alpha value is -2.39. The van der Waals surface area contributed by atoms with Crippen LogP contribution in [0.1, 0.15) is 20.8 Å². The summed E-state index contributed by atoms with van der Waals surface area (Å²) >= 11 is 1.38. The lowest BCUT2D eigenvalue weighted by Crippen LogP contribution is -2.06. The summed E-state index contributed by atoms with van der Waals surface area (Å²) < 4.78 is 5.34. The summed E-state index contributed by atoms with van der Waals surface area (Å²) in [5, 5.41) is 1.86. The third kappa shape index (κ3) is 3.58. The van der Waals surface area contributed by atoms with E-state index >= 15 is 0 Å². The van der Waals surface area contributed by atoms with Crippen molar-refractivity contribution in [3.05, 3.63) is 88.1 Å². The Bertz CT molecular complexity index is 701. The number of benzene rings is 2. The zero-order valence-electron chi connectivity index (χ0n) is 11.4. The summed E-state index contributed by atoms with van der Waals surface area (Å²) in [6.07, 6.45) is 0.875. The van der Waals surface area contributed by atoms with Gasteiger partial charge in [-0.1, -0.05) is 48.5 Å². The normalized spacial score (nSPS) is 10.3. The number of hydrogen-bond acceptors (Lipinski definition) is 3. The molecular formula is C18H14O2S. The standard InChI is InChI=1S/C18H14O2S/c19-18(17-7-4-12-21-17)20-16-10-8-15(9-11-16)13-14-5-2-1-3-6-14/h1-12H,13H2. The molecule has 0 aliphatic heterocycles. The third-order valence-corrected chi connectivity index (χ3v) is 3.96. The van der Waals surface area contributed by atoms with Gasteiger partial charge in [-0.25, -0.2) is 4.79 Å². The average molecular weight is 294 g/mol. The van der Waals surface area contributed by atoms with Crippen molar-refractivity contribution in [2.45, 2.75) is 6.42 Å². The summed E-state index contributed by atoms with van der Waals surface area (Å²) in [4.78, 5) is 12.5. The second kappa shape index (κ2) is 6.37. The predicted molar refractivity (Wildman–Crippen MR) is 85.0 cm³/mol. The van der Waals surface area contributed by atoms with Crippen molar-refractivity contribution in [3.63, 3.8) is 0 Å². The third-order valence-electron chi connectivity index (χ3n) is 3.11. The minimum atomic E-state index is -0.305. The molecule has 104 valence electrons. The van der Waals surface area contributed by atoms with Gasteiger partial charge < -0.3 is 4.74 Å². The Balaban J connectivity index is 1.65. The second-order valence-corrected chi connectivity index (χ2v) is 5.62. The first kappa shape index (κ1) is 13.6. The van der Waals surface area contributed by atoms with E-state index in [2.05, 4.69) is 12.1 Å². The van der Waals surface area contributed by atoms with E-state index in [-0.39, 0.29) is 5.97 Å². The predicted octanol–water partition coefficient (Wildman–Crippen LogP) is 4.56. The first-order valence-corrected chi connectivity index (χ1v) is 7.58. The zero-order valence-corrected chi connectivity index (χ0v) is 12.2.